The number of rotatable bonds is 7. The van der Waals surface area contributed by atoms with Gasteiger partial charge in [-0.15, -0.1) is 0 Å². The molecule has 2 rings (SSSR count). The number of aromatic nitrogens is 2. The fourth-order valence-electron chi connectivity index (χ4n) is 2.01. The smallest absolute Gasteiger partial charge is 0.355 e. The maximum Gasteiger partial charge on any atom is 0.355 e. The van der Waals surface area contributed by atoms with Gasteiger partial charge in [0, 0.05) is 23.4 Å². The number of aromatic carboxylic acids is 1. The molecule has 1 heterocycles. The molecule has 0 radical (unpaired) electrons. The van der Waals surface area contributed by atoms with E-state index < -0.39 is 5.97 Å². The van der Waals surface area contributed by atoms with Gasteiger partial charge < -0.3 is 19.5 Å². The van der Waals surface area contributed by atoms with Crippen LogP contribution in [0.3, 0.4) is 0 Å². The Morgan fingerprint density at radius 1 is 1.29 bits per heavy atom. The number of likely N-dealkylation sites (N-methyl/N-ethyl adjacent to an activating group) is 1. The summed E-state index contributed by atoms with van der Waals surface area (Å²) in [6.07, 6.45) is 1.45. The van der Waals surface area contributed by atoms with Crippen molar-refractivity contribution >= 4 is 5.97 Å². The normalized spacial score (nSPS) is 12.0. The molecule has 24 heavy (non-hydrogen) atoms. The molecule has 7 heteroatoms. The van der Waals surface area contributed by atoms with Crippen LogP contribution >= 0.6 is 0 Å². The van der Waals surface area contributed by atoms with Gasteiger partial charge in [0.2, 0.25) is 0 Å². The van der Waals surface area contributed by atoms with Gasteiger partial charge in [-0.1, -0.05) is 18.2 Å². The third-order valence-electron chi connectivity index (χ3n) is 3.70. The Labute approximate surface area is 140 Å². The molecule has 1 unspecified atom stereocenters. The first kappa shape index (κ1) is 17.7. The molecule has 1 aromatic carbocycles. The van der Waals surface area contributed by atoms with Gasteiger partial charge in [-0.25, -0.2) is 9.78 Å². The average Bonchev–Trinajstić information content (AvgIpc) is 2.59. The molecule has 0 saturated carbocycles. The predicted octanol–water partition coefficient (Wildman–Crippen LogP) is 2.18. The van der Waals surface area contributed by atoms with Crippen LogP contribution in [-0.2, 0) is 0 Å². The second-order valence-corrected chi connectivity index (χ2v) is 5.54. The fraction of sp³-hybridized carbons (Fsp3) is 0.353. The Kier molecular flexibility index (Phi) is 5.70. The molecule has 0 aliphatic carbocycles. The van der Waals surface area contributed by atoms with Gasteiger partial charge in [0.1, 0.15) is 12.4 Å². The largest absolute Gasteiger partial charge is 0.496 e. The third kappa shape index (κ3) is 3.99. The minimum absolute atomic E-state index is 0.0414. The number of benzene rings is 1. The molecule has 0 fully saturated rings. The summed E-state index contributed by atoms with van der Waals surface area (Å²) in [6, 6.07) is 7.31. The van der Waals surface area contributed by atoms with Crippen LogP contribution < -0.4 is 9.47 Å². The van der Waals surface area contributed by atoms with Gasteiger partial charge in [-0.3, -0.25) is 0 Å². The van der Waals surface area contributed by atoms with E-state index in [0.29, 0.717) is 23.5 Å². The van der Waals surface area contributed by atoms with E-state index in [-0.39, 0.29) is 17.7 Å². The van der Waals surface area contributed by atoms with E-state index in [1.165, 1.54) is 13.3 Å². The molecule has 1 N–H and O–H groups in total. The van der Waals surface area contributed by atoms with Crippen LogP contribution in [0.15, 0.2) is 30.5 Å². The summed E-state index contributed by atoms with van der Waals surface area (Å²) >= 11 is 0. The Morgan fingerprint density at radius 2 is 2.00 bits per heavy atom. The zero-order chi connectivity index (χ0) is 17.7. The standard InChI is InChI=1S/C17H21N3O4/c1-11(20(2)3)10-24-17-18-9-13(15(19-17)16(21)22)12-7-5-6-8-14(12)23-4/h5-9,11H,10H2,1-4H3,(H,21,22). The number of methoxy groups -OCH3 is 1. The maximum atomic E-state index is 11.6. The van der Waals surface area contributed by atoms with E-state index in [2.05, 4.69) is 9.97 Å². The lowest BCUT2D eigenvalue weighted by molar-refractivity contribution is 0.0689. The predicted molar refractivity (Wildman–Crippen MR) is 89.6 cm³/mol. The van der Waals surface area contributed by atoms with Crippen molar-refractivity contribution in [2.75, 3.05) is 27.8 Å². The Morgan fingerprint density at radius 3 is 2.62 bits per heavy atom. The SMILES string of the molecule is COc1ccccc1-c1cnc(OCC(C)N(C)C)nc1C(=O)O. The van der Waals surface area contributed by atoms with Crippen molar-refractivity contribution < 1.29 is 19.4 Å². The Bertz CT molecular complexity index is 719. The molecule has 7 nitrogen and oxygen atoms in total. The van der Waals surface area contributed by atoms with E-state index in [1.54, 1.807) is 18.2 Å². The van der Waals surface area contributed by atoms with E-state index in [1.807, 2.05) is 32.0 Å². The topological polar surface area (TPSA) is 84.8 Å². The number of para-hydroxylation sites is 1. The number of nitrogens with zero attached hydrogens (tertiary/aromatic N) is 3. The van der Waals surface area contributed by atoms with Gasteiger partial charge >= 0.3 is 12.0 Å². The van der Waals surface area contributed by atoms with Crippen LogP contribution in [0.4, 0.5) is 0 Å². The van der Waals surface area contributed by atoms with Crippen molar-refractivity contribution in [2.45, 2.75) is 13.0 Å². The summed E-state index contributed by atoms with van der Waals surface area (Å²) in [5.74, 6) is -0.595. The van der Waals surface area contributed by atoms with Crippen LogP contribution in [-0.4, -0.2) is 59.8 Å². The molecule has 2 aromatic rings. The minimum Gasteiger partial charge on any atom is -0.496 e. The highest BCUT2D eigenvalue weighted by atomic mass is 16.5. The highest BCUT2D eigenvalue weighted by Crippen LogP contribution is 2.31. The molecular formula is C17H21N3O4. The van der Waals surface area contributed by atoms with E-state index in [9.17, 15) is 9.90 Å². The zero-order valence-corrected chi connectivity index (χ0v) is 14.2. The highest BCUT2D eigenvalue weighted by molar-refractivity contribution is 5.94. The molecule has 0 bridgehead atoms. The lowest BCUT2D eigenvalue weighted by Crippen LogP contribution is -2.30. The quantitative estimate of drug-likeness (QED) is 0.832. The van der Waals surface area contributed by atoms with Gasteiger partial charge in [0.05, 0.1) is 7.11 Å². The van der Waals surface area contributed by atoms with Gasteiger partial charge in [0.15, 0.2) is 5.69 Å². The van der Waals surface area contributed by atoms with Crippen molar-refractivity contribution in [3.63, 3.8) is 0 Å². The highest BCUT2D eigenvalue weighted by Gasteiger charge is 2.19. The van der Waals surface area contributed by atoms with Gasteiger partial charge in [-0.05, 0) is 27.1 Å². The van der Waals surface area contributed by atoms with E-state index >= 15 is 0 Å². The molecule has 1 atom stereocenters. The number of carboxylic acids is 1. The molecule has 0 spiro atoms. The Balaban J connectivity index is 2.35. The molecular weight excluding hydrogens is 310 g/mol. The van der Waals surface area contributed by atoms with E-state index in [4.69, 9.17) is 9.47 Å². The monoisotopic (exact) mass is 331 g/mol. The first-order chi connectivity index (χ1) is 11.4. The van der Waals surface area contributed by atoms with Crippen LogP contribution in [0.2, 0.25) is 0 Å². The van der Waals surface area contributed by atoms with Crippen molar-refractivity contribution in [1.82, 2.24) is 14.9 Å². The zero-order valence-electron chi connectivity index (χ0n) is 14.2. The Hall–Kier alpha value is -2.67. The summed E-state index contributed by atoms with van der Waals surface area (Å²) in [5.41, 5.74) is 0.876. The van der Waals surface area contributed by atoms with Crippen molar-refractivity contribution in [3.05, 3.63) is 36.2 Å². The third-order valence-corrected chi connectivity index (χ3v) is 3.70. The minimum atomic E-state index is -1.15. The second-order valence-electron chi connectivity index (χ2n) is 5.54. The first-order valence-corrected chi connectivity index (χ1v) is 7.47. The number of hydrogen-bond acceptors (Lipinski definition) is 6. The summed E-state index contributed by atoms with van der Waals surface area (Å²) in [5, 5.41) is 9.49. The molecule has 0 saturated heterocycles. The molecule has 0 amide bonds. The molecule has 128 valence electrons. The van der Waals surface area contributed by atoms with Crippen LogP contribution in [0.1, 0.15) is 17.4 Å². The van der Waals surface area contributed by atoms with E-state index in [0.717, 1.165) is 0 Å². The van der Waals surface area contributed by atoms with Crippen molar-refractivity contribution in [1.29, 1.82) is 0 Å². The maximum absolute atomic E-state index is 11.6. The number of carbonyl (C=O) groups is 1. The van der Waals surface area contributed by atoms with Gasteiger partial charge in [-0.2, -0.15) is 4.98 Å². The number of ether oxygens (including phenoxy) is 2. The summed E-state index contributed by atoms with van der Waals surface area (Å²) in [7, 11) is 5.39. The average molecular weight is 331 g/mol. The van der Waals surface area contributed by atoms with Crippen LogP contribution in [0.25, 0.3) is 11.1 Å². The van der Waals surface area contributed by atoms with Crippen LogP contribution in [0, 0.1) is 0 Å². The lowest BCUT2D eigenvalue weighted by Gasteiger charge is -2.19. The molecule has 1 aromatic heterocycles. The van der Waals surface area contributed by atoms with Crippen molar-refractivity contribution in [3.8, 4) is 22.9 Å². The van der Waals surface area contributed by atoms with Crippen molar-refractivity contribution in [2.24, 2.45) is 0 Å². The van der Waals surface area contributed by atoms with Gasteiger partial charge in [0.25, 0.3) is 0 Å². The second kappa shape index (κ2) is 7.74. The number of hydrogen-bond donors (Lipinski definition) is 1. The van der Waals surface area contributed by atoms with Crippen LogP contribution in [0.5, 0.6) is 11.8 Å². The fourth-order valence-corrected chi connectivity index (χ4v) is 2.01. The summed E-state index contributed by atoms with van der Waals surface area (Å²) in [4.78, 5) is 21.8. The lowest BCUT2D eigenvalue weighted by atomic mass is 10.0. The number of carboxylic acid groups (broad SMARTS) is 1. The molecule has 0 aliphatic rings. The summed E-state index contributed by atoms with van der Waals surface area (Å²) in [6.45, 7) is 2.35. The summed E-state index contributed by atoms with van der Waals surface area (Å²) < 4.78 is 10.8. The first-order valence-electron chi connectivity index (χ1n) is 7.47. The molecule has 0 aliphatic heterocycles.